The van der Waals surface area contributed by atoms with Crippen LogP contribution in [0.5, 0.6) is 0 Å². The zero-order chi connectivity index (χ0) is 11.1. The summed E-state index contributed by atoms with van der Waals surface area (Å²) in [6.07, 6.45) is 1.72. The Bertz CT molecular complexity index is 331. The molecule has 1 rings (SSSR count). The third-order valence-corrected chi connectivity index (χ3v) is 3.81. The molecular weight excluding hydrogens is 228 g/mol. The molecule has 1 heterocycles. The molecule has 0 fully saturated rings. The Morgan fingerprint density at radius 1 is 1.67 bits per heavy atom. The van der Waals surface area contributed by atoms with Crippen LogP contribution in [0.25, 0.3) is 0 Å². The minimum Gasteiger partial charge on any atom is -0.305 e. The molecule has 0 amide bonds. The van der Waals surface area contributed by atoms with Crippen molar-refractivity contribution in [1.29, 1.82) is 5.26 Å². The highest BCUT2D eigenvalue weighted by atomic mass is 32.2. The van der Waals surface area contributed by atoms with Gasteiger partial charge in [-0.05, 0) is 25.0 Å². The van der Waals surface area contributed by atoms with Crippen LogP contribution < -0.4 is 5.32 Å². The molecule has 1 aromatic heterocycles. The number of aryl methyl sites for hydroxylation is 1. The second kappa shape index (κ2) is 6.77. The average molecular weight is 242 g/mol. The van der Waals surface area contributed by atoms with E-state index in [1.165, 1.54) is 11.5 Å². The van der Waals surface area contributed by atoms with Crippen molar-refractivity contribution in [2.24, 2.45) is 0 Å². The van der Waals surface area contributed by atoms with Gasteiger partial charge in [0.15, 0.2) is 4.34 Å². The van der Waals surface area contributed by atoms with Crippen LogP contribution >= 0.6 is 23.3 Å². The Kier molecular flexibility index (Phi) is 5.61. The number of rotatable bonds is 6. The van der Waals surface area contributed by atoms with E-state index < -0.39 is 0 Å². The fourth-order valence-electron chi connectivity index (χ4n) is 0.978. The lowest BCUT2D eigenvalue weighted by atomic mass is 10.3. The number of nitriles is 1. The zero-order valence-corrected chi connectivity index (χ0v) is 10.5. The minimum atomic E-state index is -0.0592. The summed E-state index contributed by atoms with van der Waals surface area (Å²) in [7, 11) is 1.80. The first-order valence-electron chi connectivity index (χ1n) is 4.82. The highest BCUT2D eigenvalue weighted by Crippen LogP contribution is 2.21. The van der Waals surface area contributed by atoms with Gasteiger partial charge in [-0.2, -0.15) is 9.64 Å². The van der Waals surface area contributed by atoms with Crippen LogP contribution in [-0.4, -0.2) is 28.2 Å². The third kappa shape index (κ3) is 4.16. The molecule has 1 atom stereocenters. The molecule has 0 aliphatic carbocycles. The Hall–Kier alpha value is -0.640. The second-order valence-corrected chi connectivity index (χ2v) is 5.03. The molecule has 1 N–H and O–H groups in total. The predicted molar refractivity (Wildman–Crippen MR) is 63.1 cm³/mol. The summed E-state index contributed by atoms with van der Waals surface area (Å²) in [5.41, 5.74) is 0. The molecule has 1 unspecified atom stereocenters. The fourth-order valence-corrected chi connectivity index (χ4v) is 2.75. The van der Waals surface area contributed by atoms with Gasteiger partial charge in [0.2, 0.25) is 0 Å². The summed E-state index contributed by atoms with van der Waals surface area (Å²) in [4.78, 5) is 4.34. The van der Waals surface area contributed by atoms with Gasteiger partial charge in [-0.25, -0.2) is 4.98 Å². The van der Waals surface area contributed by atoms with Gasteiger partial charge in [0.05, 0.1) is 12.1 Å². The van der Waals surface area contributed by atoms with E-state index in [9.17, 15) is 0 Å². The normalized spacial score (nSPS) is 12.3. The molecule has 15 heavy (non-hydrogen) atoms. The first-order chi connectivity index (χ1) is 7.30. The van der Waals surface area contributed by atoms with Crippen molar-refractivity contribution in [3.63, 3.8) is 0 Å². The van der Waals surface area contributed by atoms with Gasteiger partial charge in [0, 0.05) is 12.2 Å². The maximum Gasteiger partial charge on any atom is 0.170 e. The van der Waals surface area contributed by atoms with E-state index in [0.29, 0.717) is 0 Å². The lowest BCUT2D eigenvalue weighted by molar-refractivity contribution is 0.663. The molecule has 0 aromatic carbocycles. The first-order valence-corrected chi connectivity index (χ1v) is 6.58. The fraction of sp³-hybridized carbons (Fsp3) is 0.667. The summed E-state index contributed by atoms with van der Waals surface area (Å²) in [6.45, 7) is 2.04. The van der Waals surface area contributed by atoms with E-state index in [4.69, 9.17) is 5.26 Å². The summed E-state index contributed by atoms with van der Waals surface area (Å²) < 4.78 is 5.20. The highest BCUT2D eigenvalue weighted by Gasteiger charge is 2.06. The molecule has 0 aliphatic heterocycles. The van der Waals surface area contributed by atoms with Gasteiger partial charge in [0.1, 0.15) is 5.82 Å². The van der Waals surface area contributed by atoms with Crippen LogP contribution in [0.2, 0.25) is 0 Å². The Labute approximate surface area is 98.3 Å². The van der Waals surface area contributed by atoms with Crippen LogP contribution in [0, 0.1) is 11.3 Å². The smallest absolute Gasteiger partial charge is 0.170 e. The van der Waals surface area contributed by atoms with Gasteiger partial charge < -0.3 is 5.32 Å². The molecule has 0 spiro atoms. The number of aromatic nitrogens is 2. The van der Waals surface area contributed by atoms with Crippen molar-refractivity contribution in [3.8, 4) is 6.07 Å². The van der Waals surface area contributed by atoms with E-state index in [1.54, 1.807) is 18.8 Å². The second-order valence-electron chi connectivity index (χ2n) is 2.94. The average Bonchev–Trinajstić information content (AvgIpc) is 2.72. The number of thioether (sulfide) groups is 1. The Morgan fingerprint density at radius 3 is 3.00 bits per heavy atom. The van der Waals surface area contributed by atoms with Crippen molar-refractivity contribution in [2.45, 2.75) is 30.1 Å². The third-order valence-electron chi connectivity index (χ3n) is 1.90. The number of hydrogen-bond donors (Lipinski definition) is 1. The number of nitrogens with zero attached hydrogens (tertiary/aromatic N) is 3. The van der Waals surface area contributed by atoms with Crippen molar-refractivity contribution in [3.05, 3.63) is 5.82 Å². The van der Waals surface area contributed by atoms with E-state index >= 15 is 0 Å². The monoisotopic (exact) mass is 242 g/mol. The molecule has 82 valence electrons. The van der Waals surface area contributed by atoms with Gasteiger partial charge in [-0.15, -0.1) is 0 Å². The molecule has 6 heteroatoms. The molecule has 0 aliphatic rings. The molecule has 1 aromatic rings. The van der Waals surface area contributed by atoms with Gasteiger partial charge in [-0.3, -0.25) is 0 Å². The van der Waals surface area contributed by atoms with Crippen molar-refractivity contribution < 1.29 is 0 Å². The summed E-state index contributed by atoms with van der Waals surface area (Å²) in [6, 6.07) is 2.14. The lowest BCUT2D eigenvalue weighted by Crippen LogP contribution is -2.23. The van der Waals surface area contributed by atoms with Gasteiger partial charge in [-0.1, -0.05) is 18.7 Å². The molecule has 0 radical (unpaired) electrons. The lowest BCUT2D eigenvalue weighted by Gasteiger charge is -2.04. The van der Waals surface area contributed by atoms with E-state index in [2.05, 4.69) is 20.7 Å². The Balaban J connectivity index is 2.28. The van der Waals surface area contributed by atoms with Crippen LogP contribution in [0.3, 0.4) is 0 Å². The Morgan fingerprint density at radius 2 is 2.47 bits per heavy atom. The summed E-state index contributed by atoms with van der Waals surface area (Å²) >= 11 is 3.11. The molecule has 0 bridgehead atoms. The van der Waals surface area contributed by atoms with Crippen LogP contribution in [0.15, 0.2) is 4.34 Å². The largest absolute Gasteiger partial charge is 0.305 e. The van der Waals surface area contributed by atoms with Crippen LogP contribution in [-0.2, 0) is 6.42 Å². The number of nitrogens with one attached hydrogen (secondary N) is 1. The quantitative estimate of drug-likeness (QED) is 0.769. The van der Waals surface area contributed by atoms with E-state index in [-0.39, 0.29) is 6.04 Å². The molecule has 0 saturated heterocycles. The first kappa shape index (κ1) is 12.4. The summed E-state index contributed by atoms with van der Waals surface area (Å²) in [5.74, 6) is 1.81. The molecule has 4 nitrogen and oxygen atoms in total. The number of hydrogen-bond acceptors (Lipinski definition) is 6. The molecular formula is C9H14N4S2. The topological polar surface area (TPSA) is 61.6 Å². The maximum atomic E-state index is 8.72. The summed E-state index contributed by atoms with van der Waals surface area (Å²) in [5, 5.41) is 11.7. The maximum absolute atomic E-state index is 8.72. The van der Waals surface area contributed by atoms with E-state index in [0.717, 1.165) is 28.8 Å². The van der Waals surface area contributed by atoms with E-state index in [1.807, 2.05) is 6.92 Å². The highest BCUT2D eigenvalue weighted by molar-refractivity contribution is 8.00. The molecule has 0 saturated carbocycles. The minimum absolute atomic E-state index is 0.0592. The predicted octanol–water partition coefficient (Wildman–Crippen LogP) is 1.69. The van der Waals surface area contributed by atoms with Crippen LogP contribution in [0.1, 0.15) is 19.2 Å². The van der Waals surface area contributed by atoms with Crippen molar-refractivity contribution >= 4 is 23.3 Å². The standard InChI is InChI=1S/C9H14N4S2/c1-3-8-12-9(15-13-8)14-5-4-7(6-10)11-2/h7,11H,3-5H2,1-2H3. The van der Waals surface area contributed by atoms with Gasteiger partial charge >= 0.3 is 0 Å². The SMILES string of the molecule is CCc1nsc(SCCC(C#N)NC)n1. The van der Waals surface area contributed by atoms with Crippen LogP contribution in [0.4, 0.5) is 0 Å². The van der Waals surface area contributed by atoms with Crippen molar-refractivity contribution in [1.82, 2.24) is 14.7 Å². The zero-order valence-electron chi connectivity index (χ0n) is 8.86. The van der Waals surface area contributed by atoms with Gasteiger partial charge in [0.25, 0.3) is 0 Å². The van der Waals surface area contributed by atoms with Crippen molar-refractivity contribution in [2.75, 3.05) is 12.8 Å².